The SMILES string of the molecule is CC(C)(C#N)c1ccc(NC2CCCC(N)C2)cc1. The molecule has 1 saturated carbocycles. The Kier molecular flexibility index (Phi) is 4.11. The van der Waals surface area contributed by atoms with E-state index < -0.39 is 5.41 Å². The van der Waals surface area contributed by atoms with Crippen LogP contribution in [0.25, 0.3) is 0 Å². The Bertz CT molecular complexity index is 456. The van der Waals surface area contributed by atoms with Gasteiger partial charge in [-0.1, -0.05) is 12.1 Å². The van der Waals surface area contributed by atoms with E-state index in [1.165, 1.54) is 12.8 Å². The maximum absolute atomic E-state index is 9.13. The zero-order chi connectivity index (χ0) is 13.9. The van der Waals surface area contributed by atoms with E-state index in [0.29, 0.717) is 12.1 Å². The number of hydrogen-bond donors (Lipinski definition) is 2. The molecule has 0 aromatic heterocycles. The van der Waals surface area contributed by atoms with Crippen LogP contribution in [0.2, 0.25) is 0 Å². The summed E-state index contributed by atoms with van der Waals surface area (Å²) in [6.45, 7) is 3.88. The van der Waals surface area contributed by atoms with Crippen molar-refractivity contribution in [2.75, 3.05) is 5.32 Å². The summed E-state index contributed by atoms with van der Waals surface area (Å²) in [6.07, 6.45) is 4.59. The highest BCUT2D eigenvalue weighted by Crippen LogP contribution is 2.25. The third kappa shape index (κ3) is 3.48. The summed E-state index contributed by atoms with van der Waals surface area (Å²) in [5.74, 6) is 0. The second-order valence-corrected chi connectivity index (χ2v) is 6.08. The maximum Gasteiger partial charge on any atom is 0.0766 e. The van der Waals surface area contributed by atoms with E-state index >= 15 is 0 Å². The van der Waals surface area contributed by atoms with Crippen molar-refractivity contribution < 1.29 is 0 Å². The minimum Gasteiger partial charge on any atom is -0.382 e. The Balaban J connectivity index is 2.01. The standard InChI is InChI=1S/C16H23N3/c1-16(2,11-17)12-6-8-14(9-7-12)19-15-5-3-4-13(18)10-15/h6-9,13,15,19H,3-5,10,18H2,1-2H3. The number of anilines is 1. The Morgan fingerprint density at radius 3 is 2.53 bits per heavy atom. The van der Waals surface area contributed by atoms with Gasteiger partial charge in [-0.2, -0.15) is 5.26 Å². The summed E-state index contributed by atoms with van der Waals surface area (Å²) in [5.41, 5.74) is 7.76. The first kappa shape index (κ1) is 13.9. The van der Waals surface area contributed by atoms with E-state index in [-0.39, 0.29) is 0 Å². The van der Waals surface area contributed by atoms with Gasteiger partial charge in [-0.3, -0.25) is 0 Å². The average molecular weight is 257 g/mol. The van der Waals surface area contributed by atoms with Crippen LogP contribution in [0, 0.1) is 11.3 Å². The molecule has 0 saturated heterocycles. The van der Waals surface area contributed by atoms with Gasteiger partial charge in [-0.05, 0) is 57.2 Å². The lowest BCUT2D eigenvalue weighted by Gasteiger charge is -2.28. The highest BCUT2D eigenvalue weighted by molar-refractivity contribution is 5.47. The molecular formula is C16H23N3. The quantitative estimate of drug-likeness (QED) is 0.874. The Morgan fingerprint density at radius 1 is 1.26 bits per heavy atom. The molecule has 102 valence electrons. The number of nitrogens with zero attached hydrogens (tertiary/aromatic N) is 1. The fraction of sp³-hybridized carbons (Fsp3) is 0.562. The van der Waals surface area contributed by atoms with Crippen molar-refractivity contribution in [1.29, 1.82) is 5.26 Å². The number of benzene rings is 1. The summed E-state index contributed by atoms with van der Waals surface area (Å²) < 4.78 is 0. The van der Waals surface area contributed by atoms with Gasteiger partial charge < -0.3 is 11.1 Å². The number of hydrogen-bond acceptors (Lipinski definition) is 3. The summed E-state index contributed by atoms with van der Waals surface area (Å²) in [6, 6.07) is 11.3. The molecule has 0 bridgehead atoms. The molecule has 0 radical (unpaired) electrons. The Labute approximate surface area is 115 Å². The van der Waals surface area contributed by atoms with Crippen molar-refractivity contribution in [2.45, 2.75) is 57.0 Å². The third-order valence-electron chi connectivity index (χ3n) is 3.97. The first-order chi connectivity index (χ1) is 9.01. The molecule has 0 heterocycles. The van der Waals surface area contributed by atoms with Gasteiger partial charge in [0.15, 0.2) is 0 Å². The van der Waals surface area contributed by atoms with Gasteiger partial charge in [0.1, 0.15) is 0 Å². The predicted octanol–water partition coefficient (Wildman–Crippen LogP) is 3.17. The lowest BCUT2D eigenvalue weighted by molar-refractivity contribution is 0.409. The molecule has 0 spiro atoms. The highest BCUT2D eigenvalue weighted by atomic mass is 14.9. The molecule has 19 heavy (non-hydrogen) atoms. The smallest absolute Gasteiger partial charge is 0.0766 e. The molecule has 1 aliphatic rings. The van der Waals surface area contributed by atoms with Crippen LogP contribution in [0.4, 0.5) is 5.69 Å². The van der Waals surface area contributed by atoms with Crippen LogP contribution >= 0.6 is 0 Å². The topological polar surface area (TPSA) is 61.8 Å². The van der Waals surface area contributed by atoms with Crippen molar-refractivity contribution in [3.8, 4) is 6.07 Å². The molecule has 1 aromatic rings. The van der Waals surface area contributed by atoms with Crippen molar-refractivity contribution in [3.63, 3.8) is 0 Å². The van der Waals surface area contributed by atoms with Gasteiger partial charge >= 0.3 is 0 Å². The lowest BCUT2D eigenvalue weighted by Crippen LogP contribution is -2.34. The summed E-state index contributed by atoms with van der Waals surface area (Å²) in [4.78, 5) is 0. The maximum atomic E-state index is 9.13. The summed E-state index contributed by atoms with van der Waals surface area (Å²) >= 11 is 0. The lowest BCUT2D eigenvalue weighted by atomic mass is 9.86. The van der Waals surface area contributed by atoms with Gasteiger partial charge in [-0.25, -0.2) is 0 Å². The van der Waals surface area contributed by atoms with Crippen LogP contribution in [0.1, 0.15) is 45.1 Å². The van der Waals surface area contributed by atoms with Gasteiger partial charge in [0.25, 0.3) is 0 Å². The van der Waals surface area contributed by atoms with Crippen molar-refractivity contribution in [2.24, 2.45) is 5.73 Å². The molecule has 2 unspecified atom stereocenters. The zero-order valence-electron chi connectivity index (χ0n) is 11.8. The zero-order valence-corrected chi connectivity index (χ0v) is 11.8. The fourth-order valence-electron chi connectivity index (χ4n) is 2.64. The van der Waals surface area contributed by atoms with E-state index in [0.717, 1.165) is 24.1 Å². The molecule has 1 fully saturated rings. The van der Waals surface area contributed by atoms with Crippen LogP contribution < -0.4 is 11.1 Å². The second-order valence-electron chi connectivity index (χ2n) is 6.08. The average Bonchev–Trinajstić information content (AvgIpc) is 2.39. The fourth-order valence-corrected chi connectivity index (χ4v) is 2.64. The molecule has 1 aliphatic carbocycles. The number of nitriles is 1. The van der Waals surface area contributed by atoms with Crippen LogP contribution in [0.3, 0.4) is 0 Å². The van der Waals surface area contributed by atoms with Crippen molar-refractivity contribution in [1.82, 2.24) is 0 Å². The molecule has 3 heteroatoms. The van der Waals surface area contributed by atoms with E-state index in [9.17, 15) is 0 Å². The van der Waals surface area contributed by atoms with E-state index in [2.05, 4.69) is 23.5 Å². The predicted molar refractivity (Wildman–Crippen MR) is 78.9 cm³/mol. The Morgan fingerprint density at radius 2 is 1.95 bits per heavy atom. The van der Waals surface area contributed by atoms with Crippen molar-refractivity contribution in [3.05, 3.63) is 29.8 Å². The molecule has 2 rings (SSSR count). The molecule has 1 aromatic carbocycles. The van der Waals surface area contributed by atoms with Gasteiger partial charge in [0.2, 0.25) is 0 Å². The number of nitrogens with two attached hydrogens (primary N) is 1. The second kappa shape index (κ2) is 5.63. The molecule has 2 atom stereocenters. The van der Waals surface area contributed by atoms with Crippen molar-refractivity contribution >= 4 is 5.69 Å². The number of rotatable bonds is 3. The van der Waals surface area contributed by atoms with Crippen LogP contribution in [0.5, 0.6) is 0 Å². The van der Waals surface area contributed by atoms with E-state index in [1.807, 2.05) is 26.0 Å². The van der Waals surface area contributed by atoms with Gasteiger partial charge in [-0.15, -0.1) is 0 Å². The molecular weight excluding hydrogens is 234 g/mol. The van der Waals surface area contributed by atoms with E-state index in [4.69, 9.17) is 11.0 Å². The first-order valence-corrected chi connectivity index (χ1v) is 7.05. The van der Waals surface area contributed by atoms with E-state index in [1.54, 1.807) is 0 Å². The highest BCUT2D eigenvalue weighted by Gasteiger charge is 2.21. The molecule has 0 aliphatic heterocycles. The largest absolute Gasteiger partial charge is 0.382 e. The van der Waals surface area contributed by atoms with Gasteiger partial charge in [0.05, 0.1) is 11.5 Å². The molecule has 3 nitrogen and oxygen atoms in total. The monoisotopic (exact) mass is 257 g/mol. The minimum atomic E-state index is -0.425. The summed E-state index contributed by atoms with van der Waals surface area (Å²) in [7, 11) is 0. The minimum absolute atomic E-state index is 0.336. The Hall–Kier alpha value is -1.53. The molecule has 3 N–H and O–H groups in total. The van der Waals surface area contributed by atoms with Crippen LogP contribution in [-0.2, 0) is 5.41 Å². The normalized spacial score (nSPS) is 23.7. The van der Waals surface area contributed by atoms with Crippen LogP contribution in [0.15, 0.2) is 24.3 Å². The summed E-state index contributed by atoms with van der Waals surface area (Å²) in [5, 5.41) is 12.7. The van der Waals surface area contributed by atoms with Crippen LogP contribution in [-0.4, -0.2) is 12.1 Å². The first-order valence-electron chi connectivity index (χ1n) is 7.05. The van der Waals surface area contributed by atoms with Gasteiger partial charge in [0, 0.05) is 17.8 Å². The third-order valence-corrected chi connectivity index (χ3v) is 3.97. The number of nitrogens with one attached hydrogen (secondary N) is 1. The molecule has 0 amide bonds.